The van der Waals surface area contributed by atoms with E-state index in [0.29, 0.717) is 5.75 Å². The zero-order valence-electron chi connectivity index (χ0n) is 14.3. The summed E-state index contributed by atoms with van der Waals surface area (Å²) in [5.41, 5.74) is -0.383. The Bertz CT molecular complexity index is 553. The fourth-order valence-corrected chi connectivity index (χ4v) is 1.80. The lowest BCUT2D eigenvalue weighted by molar-refractivity contribution is -0.143. The molecule has 134 valence electrons. The Kier molecular flexibility index (Phi) is 7.16. The molecule has 0 aliphatic carbocycles. The van der Waals surface area contributed by atoms with Gasteiger partial charge in [0.2, 0.25) is 0 Å². The standard InChI is InChI=1S/C17H24FNO5/c1-11(24-13-7-5-12(18)6-8-13)15(20)19-14(16(21)22)9-10-23-17(2,3)4/h5-8,11,14H,9-10H2,1-4H3,(H,19,20)(H,21,22). The van der Waals surface area contributed by atoms with E-state index in [1.807, 2.05) is 20.8 Å². The number of benzene rings is 1. The highest BCUT2D eigenvalue weighted by molar-refractivity contribution is 5.86. The molecule has 0 aliphatic heterocycles. The van der Waals surface area contributed by atoms with Gasteiger partial charge in [-0.15, -0.1) is 0 Å². The van der Waals surface area contributed by atoms with Gasteiger partial charge in [0.25, 0.3) is 5.91 Å². The van der Waals surface area contributed by atoms with Crippen LogP contribution in [-0.4, -0.2) is 41.3 Å². The van der Waals surface area contributed by atoms with E-state index in [-0.39, 0.29) is 18.6 Å². The minimum absolute atomic E-state index is 0.140. The number of aliphatic carboxylic acids is 1. The van der Waals surface area contributed by atoms with Crippen molar-refractivity contribution in [2.45, 2.75) is 51.9 Å². The molecule has 2 atom stereocenters. The number of halogens is 1. The van der Waals surface area contributed by atoms with Crippen molar-refractivity contribution < 1.29 is 28.6 Å². The number of carbonyl (C=O) groups is 2. The molecule has 1 aromatic rings. The highest BCUT2D eigenvalue weighted by atomic mass is 19.1. The summed E-state index contributed by atoms with van der Waals surface area (Å²) in [6, 6.07) is 4.14. The van der Waals surface area contributed by atoms with Gasteiger partial charge in [0.05, 0.1) is 5.60 Å². The zero-order chi connectivity index (χ0) is 18.3. The van der Waals surface area contributed by atoms with Crippen molar-refractivity contribution in [3.05, 3.63) is 30.1 Å². The second-order valence-corrected chi connectivity index (χ2v) is 6.36. The second-order valence-electron chi connectivity index (χ2n) is 6.36. The van der Waals surface area contributed by atoms with Crippen LogP contribution in [0.1, 0.15) is 34.1 Å². The van der Waals surface area contributed by atoms with Gasteiger partial charge in [-0.2, -0.15) is 0 Å². The predicted molar refractivity (Wildman–Crippen MR) is 86.4 cm³/mol. The molecule has 0 aliphatic rings. The van der Waals surface area contributed by atoms with Gasteiger partial charge < -0.3 is 19.9 Å². The second kappa shape index (κ2) is 8.63. The van der Waals surface area contributed by atoms with E-state index in [4.69, 9.17) is 9.47 Å². The van der Waals surface area contributed by atoms with E-state index < -0.39 is 29.8 Å². The summed E-state index contributed by atoms with van der Waals surface area (Å²) in [6.45, 7) is 7.27. The third-order valence-corrected chi connectivity index (χ3v) is 3.05. The maximum Gasteiger partial charge on any atom is 0.326 e. The van der Waals surface area contributed by atoms with Crippen molar-refractivity contribution in [3.63, 3.8) is 0 Å². The summed E-state index contributed by atoms with van der Waals surface area (Å²) in [4.78, 5) is 23.3. The molecular formula is C17H24FNO5. The van der Waals surface area contributed by atoms with E-state index in [1.165, 1.54) is 31.2 Å². The SMILES string of the molecule is CC(Oc1ccc(F)cc1)C(=O)NC(CCOC(C)(C)C)C(=O)O. The van der Waals surface area contributed by atoms with E-state index in [1.54, 1.807) is 0 Å². The Morgan fingerprint density at radius 3 is 2.33 bits per heavy atom. The Morgan fingerprint density at radius 2 is 1.83 bits per heavy atom. The van der Waals surface area contributed by atoms with E-state index in [9.17, 15) is 19.1 Å². The van der Waals surface area contributed by atoms with Crippen LogP contribution in [0.25, 0.3) is 0 Å². The van der Waals surface area contributed by atoms with Gasteiger partial charge in [-0.1, -0.05) is 0 Å². The van der Waals surface area contributed by atoms with Gasteiger partial charge in [0.15, 0.2) is 6.10 Å². The molecule has 1 rings (SSSR count). The first-order valence-electron chi connectivity index (χ1n) is 7.68. The summed E-state index contributed by atoms with van der Waals surface area (Å²) in [5.74, 6) is -1.80. The molecule has 6 nitrogen and oxygen atoms in total. The van der Waals surface area contributed by atoms with Gasteiger partial charge >= 0.3 is 5.97 Å². The molecule has 0 heterocycles. The number of nitrogens with one attached hydrogen (secondary N) is 1. The molecule has 2 N–H and O–H groups in total. The molecule has 1 amide bonds. The topological polar surface area (TPSA) is 84.9 Å². The van der Waals surface area contributed by atoms with Gasteiger partial charge in [-0.3, -0.25) is 4.79 Å². The molecule has 0 saturated heterocycles. The van der Waals surface area contributed by atoms with Crippen LogP contribution < -0.4 is 10.1 Å². The summed E-state index contributed by atoms with van der Waals surface area (Å²) < 4.78 is 23.7. The molecule has 0 bridgehead atoms. The van der Waals surface area contributed by atoms with Crippen LogP contribution in [0, 0.1) is 5.82 Å². The van der Waals surface area contributed by atoms with E-state index in [2.05, 4.69) is 5.32 Å². The summed E-state index contributed by atoms with van der Waals surface area (Å²) in [7, 11) is 0. The average molecular weight is 341 g/mol. The van der Waals surface area contributed by atoms with Crippen molar-refractivity contribution in [1.82, 2.24) is 5.32 Å². The number of carboxylic acid groups (broad SMARTS) is 1. The minimum Gasteiger partial charge on any atom is -0.481 e. The van der Waals surface area contributed by atoms with Gasteiger partial charge in [0.1, 0.15) is 17.6 Å². The largest absolute Gasteiger partial charge is 0.481 e. The van der Waals surface area contributed by atoms with Crippen LogP contribution in [0.5, 0.6) is 5.75 Å². The molecule has 0 fully saturated rings. The monoisotopic (exact) mass is 341 g/mol. The lowest BCUT2D eigenvalue weighted by Crippen LogP contribution is -2.47. The normalized spacial score (nSPS) is 13.9. The average Bonchev–Trinajstić information content (AvgIpc) is 2.47. The van der Waals surface area contributed by atoms with Crippen LogP contribution in [0.3, 0.4) is 0 Å². The zero-order valence-corrected chi connectivity index (χ0v) is 14.3. The van der Waals surface area contributed by atoms with E-state index in [0.717, 1.165) is 0 Å². The molecule has 0 radical (unpaired) electrons. The van der Waals surface area contributed by atoms with Crippen molar-refractivity contribution >= 4 is 11.9 Å². The van der Waals surface area contributed by atoms with Crippen molar-refractivity contribution in [3.8, 4) is 5.75 Å². The van der Waals surface area contributed by atoms with Crippen molar-refractivity contribution in [2.24, 2.45) is 0 Å². The minimum atomic E-state index is -1.14. The molecule has 1 aromatic carbocycles. The summed E-state index contributed by atoms with van der Waals surface area (Å²) in [6.07, 6.45) is -0.775. The number of ether oxygens (including phenoxy) is 2. The number of hydrogen-bond acceptors (Lipinski definition) is 4. The quantitative estimate of drug-likeness (QED) is 0.758. The van der Waals surface area contributed by atoms with Crippen LogP contribution in [-0.2, 0) is 14.3 Å². The molecule has 0 aromatic heterocycles. The van der Waals surface area contributed by atoms with Gasteiger partial charge in [0, 0.05) is 13.0 Å². The summed E-state index contributed by atoms with van der Waals surface area (Å²) in [5, 5.41) is 11.6. The summed E-state index contributed by atoms with van der Waals surface area (Å²) >= 11 is 0. The van der Waals surface area contributed by atoms with Gasteiger partial charge in [-0.25, -0.2) is 9.18 Å². The molecule has 2 unspecified atom stereocenters. The first kappa shape index (κ1) is 19.9. The highest BCUT2D eigenvalue weighted by Gasteiger charge is 2.24. The lowest BCUT2D eigenvalue weighted by atomic mass is 10.1. The lowest BCUT2D eigenvalue weighted by Gasteiger charge is -2.22. The highest BCUT2D eigenvalue weighted by Crippen LogP contribution is 2.13. The van der Waals surface area contributed by atoms with Crippen LogP contribution in [0.2, 0.25) is 0 Å². The molecular weight excluding hydrogens is 317 g/mol. The molecule has 24 heavy (non-hydrogen) atoms. The Balaban J connectivity index is 2.54. The predicted octanol–water partition coefficient (Wildman–Crippen LogP) is 2.37. The Labute approximate surface area is 141 Å². The molecule has 0 saturated carbocycles. The van der Waals surface area contributed by atoms with Crippen LogP contribution >= 0.6 is 0 Å². The molecule has 7 heteroatoms. The van der Waals surface area contributed by atoms with Crippen molar-refractivity contribution in [1.29, 1.82) is 0 Å². The van der Waals surface area contributed by atoms with Gasteiger partial charge in [-0.05, 0) is 52.0 Å². The first-order chi connectivity index (χ1) is 11.1. The fourth-order valence-electron chi connectivity index (χ4n) is 1.80. The van der Waals surface area contributed by atoms with Crippen LogP contribution in [0.4, 0.5) is 4.39 Å². The molecule has 0 spiro atoms. The number of amides is 1. The number of hydrogen-bond donors (Lipinski definition) is 2. The van der Waals surface area contributed by atoms with Crippen LogP contribution in [0.15, 0.2) is 24.3 Å². The Hall–Kier alpha value is -2.15. The maximum atomic E-state index is 12.8. The fraction of sp³-hybridized carbons (Fsp3) is 0.529. The number of carbonyl (C=O) groups excluding carboxylic acids is 1. The number of carboxylic acids is 1. The Morgan fingerprint density at radius 1 is 1.25 bits per heavy atom. The first-order valence-corrected chi connectivity index (χ1v) is 7.68. The van der Waals surface area contributed by atoms with E-state index >= 15 is 0 Å². The smallest absolute Gasteiger partial charge is 0.326 e. The third-order valence-electron chi connectivity index (χ3n) is 3.05. The maximum absolute atomic E-state index is 12.8. The third kappa shape index (κ3) is 7.41. The number of rotatable bonds is 8. The van der Waals surface area contributed by atoms with Crippen molar-refractivity contribution in [2.75, 3.05) is 6.61 Å².